The highest BCUT2D eigenvalue weighted by Gasteiger charge is 2.36. The number of amides is 1. The Morgan fingerprint density at radius 3 is 2.70 bits per heavy atom. The molecule has 114 valence electrons. The van der Waals surface area contributed by atoms with E-state index in [0.717, 1.165) is 31.3 Å². The largest absolute Gasteiger partial charge is 0.357 e. The summed E-state index contributed by atoms with van der Waals surface area (Å²) in [6.45, 7) is 6.44. The summed E-state index contributed by atoms with van der Waals surface area (Å²) in [7, 11) is 0. The van der Waals surface area contributed by atoms with Crippen molar-refractivity contribution < 1.29 is 4.79 Å². The lowest BCUT2D eigenvalue weighted by Crippen LogP contribution is -2.40. The van der Waals surface area contributed by atoms with Gasteiger partial charge in [-0.2, -0.15) is 0 Å². The van der Waals surface area contributed by atoms with Gasteiger partial charge in [0.25, 0.3) is 0 Å². The quantitative estimate of drug-likeness (QED) is 0.356. The molecule has 0 heterocycles. The van der Waals surface area contributed by atoms with Crippen molar-refractivity contribution in [2.24, 2.45) is 16.8 Å². The zero-order chi connectivity index (χ0) is 14.4. The van der Waals surface area contributed by atoms with Crippen molar-refractivity contribution in [1.82, 2.24) is 16.0 Å². The first-order chi connectivity index (χ1) is 9.74. The van der Waals surface area contributed by atoms with Gasteiger partial charge >= 0.3 is 0 Å². The van der Waals surface area contributed by atoms with Gasteiger partial charge in [-0.3, -0.25) is 9.79 Å². The average Bonchev–Trinajstić information content (AvgIpc) is 3.30. The van der Waals surface area contributed by atoms with E-state index in [1.54, 1.807) is 0 Å². The molecule has 5 nitrogen and oxygen atoms in total. The van der Waals surface area contributed by atoms with E-state index in [2.05, 4.69) is 34.8 Å². The van der Waals surface area contributed by atoms with E-state index >= 15 is 0 Å². The molecular weight excluding hydrogens is 252 g/mol. The minimum absolute atomic E-state index is 0.198. The van der Waals surface area contributed by atoms with Gasteiger partial charge in [-0.1, -0.05) is 13.3 Å². The summed E-state index contributed by atoms with van der Waals surface area (Å²) >= 11 is 0. The van der Waals surface area contributed by atoms with Gasteiger partial charge in [0.2, 0.25) is 5.91 Å². The number of aliphatic imine (C=N–C) groups is 1. The first-order valence-corrected chi connectivity index (χ1v) is 8.07. The van der Waals surface area contributed by atoms with E-state index in [1.807, 2.05) is 0 Å². The fourth-order valence-corrected chi connectivity index (χ4v) is 2.45. The van der Waals surface area contributed by atoms with Gasteiger partial charge in [0.15, 0.2) is 5.96 Å². The maximum Gasteiger partial charge on any atom is 0.223 e. The lowest BCUT2D eigenvalue weighted by molar-refractivity contribution is -0.122. The third-order valence-electron chi connectivity index (χ3n) is 3.88. The van der Waals surface area contributed by atoms with Crippen LogP contribution < -0.4 is 16.0 Å². The second kappa shape index (κ2) is 7.50. The van der Waals surface area contributed by atoms with Crippen LogP contribution in [0.2, 0.25) is 0 Å². The summed E-state index contributed by atoms with van der Waals surface area (Å²) in [6, 6.07) is 0.591. The summed E-state index contributed by atoms with van der Waals surface area (Å²) in [5, 5.41) is 9.68. The number of carbonyl (C=O) groups excluding carboxylic acids is 1. The highest BCUT2D eigenvalue weighted by molar-refractivity contribution is 5.81. The molecule has 2 aliphatic carbocycles. The highest BCUT2D eigenvalue weighted by atomic mass is 16.2. The van der Waals surface area contributed by atoms with Crippen LogP contribution in [0.1, 0.15) is 46.0 Å². The van der Waals surface area contributed by atoms with Gasteiger partial charge in [-0.05, 0) is 38.5 Å². The SMILES string of the molecule is CCCC1CC1NC(=NCCNC(=O)C1CC1)NCC. The molecule has 5 heteroatoms. The molecule has 2 rings (SSSR count). The van der Waals surface area contributed by atoms with Crippen molar-refractivity contribution in [3.8, 4) is 0 Å². The Morgan fingerprint density at radius 2 is 2.05 bits per heavy atom. The molecule has 0 aromatic carbocycles. The molecule has 0 aromatic rings. The number of nitrogens with zero attached hydrogens (tertiary/aromatic N) is 1. The first kappa shape index (κ1) is 15.1. The summed E-state index contributed by atoms with van der Waals surface area (Å²) in [5.74, 6) is 2.19. The maximum absolute atomic E-state index is 11.5. The minimum Gasteiger partial charge on any atom is -0.357 e. The predicted molar refractivity (Wildman–Crippen MR) is 81.7 cm³/mol. The molecule has 20 heavy (non-hydrogen) atoms. The fourth-order valence-electron chi connectivity index (χ4n) is 2.45. The van der Waals surface area contributed by atoms with Crippen LogP contribution in [0.3, 0.4) is 0 Å². The molecule has 0 spiro atoms. The van der Waals surface area contributed by atoms with E-state index in [4.69, 9.17) is 0 Å². The Balaban J connectivity index is 1.64. The van der Waals surface area contributed by atoms with E-state index in [1.165, 1.54) is 19.3 Å². The third-order valence-corrected chi connectivity index (χ3v) is 3.88. The van der Waals surface area contributed by atoms with Gasteiger partial charge in [0, 0.05) is 25.0 Å². The molecule has 0 saturated heterocycles. The van der Waals surface area contributed by atoms with Gasteiger partial charge in [-0.15, -0.1) is 0 Å². The van der Waals surface area contributed by atoms with E-state index in [9.17, 15) is 4.79 Å². The highest BCUT2D eigenvalue weighted by Crippen LogP contribution is 2.34. The Morgan fingerprint density at radius 1 is 1.25 bits per heavy atom. The Kier molecular flexibility index (Phi) is 5.68. The summed E-state index contributed by atoms with van der Waals surface area (Å²) in [6.07, 6.45) is 5.93. The maximum atomic E-state index is 11.5. The molecule has 1 amide bonds. The number of nitrogens with one attached hydrogen (secondary N) is 3. The lowest BCUT2D eigenvalue weighted by Gasteiger charge is -2.11. The van der Waals surface area contributed by atoms with Crippen molar-refractivity contribution in [2.45, 2.75) is 52.0 Å². The summed E-state index contributed by atoms with van der Waals surface area (Å²) in [4.78, 5) is 16.0. The molecule has 0 aromatic heterocycles. The monoisotopic (exact) mass is 280 g/mol. The zero-order valence-electron chi connectivity index (χ0n) is 12.7. The summed E-state index contributed by atoms with van der Waals surface area (Å²) in [5.41, 5.74) is 0. The zero-order valence-corrected chi connectivity index (χ0v) is 12.7. The number of carbonyl (C=O) groups is 1. The number of guanidine groups is 1. The standard InChI is InChI=1S/C15H28N4O/c1-3-5-12-10-13(12)19-15(16-4-2)18-9-8-17-14(20)11-6-7-11/h11-13H,3-10H2,1-2H3,(H,17,20)(H2,16,18,19). The van der Waals surface area contributed by atoms with E-state index < -0.39 is 0 Å². The second-order valence-electron chi connectivity index (χ2n) is 5.86. The van der Waals surface area contributed by atoms with Crippen molar-refractivity contribution in [2.75, 3.05) is 19.6 Å². The third kappa shape index (κ3) is 5.02. The summed E-state index contributed by atoms with van der Waals surface area (Å²) < 4.78 is 0. The average molecular weight is 280 g/mol. The molecule has 0 bridgehead atoms. The molecule has 2 fully saturated rings. The lowest BCUT2D eigenvalue weighted by atomic mass is 10.2. The molecule has 0 aliphatic heterocycles. The van der Waals surface area contributed by atoms with E-state index in [0.29, 0.717) is 19.1 Å². The molecule has 2 atom stereocenters. The fraction of sp³-hybridized carbons (Fsp3) is 0.867. The van der Waals surface area contributed by atoms with Crippen LogP contribution in [-0.2, 0) is 4.79 Å². The van der Waals surface area contributed by atoms with Crippen molar-refractivity contribution in [3.05, 3.63) is 0 Å². The molecule has 2 unspecified atom stereocenters. The van der Waals surface area contributed by atoms with Crippen LogP contribution in [0.5, 0.6) is 0 Å². The van der Waals surface area contributed by atoms with Crippen molar-refractivity contribution in [3.63, 3.8) is 0 Å². The second-order valence-corrected chi connectivity index (χ2v) is 5.86. The molecule has 3 N–H and O–H groups in total. The van der Waals surface area contributed by atoms with Crippen LogP contribution in [0, 0.1) is 11.8 Å². The number of hydrogen-bond donors (Lipinski definition) is 3. The van der Waals surface area contributed by atoms with Crippen LogP contribution in [0.25, 0.3) is 0 Å². The number of rotatable bonds is 8. The van der Waals surface area contributed by atoms with Crippen LogP contribution in [0.15, 0.2) is 4.99 Å². The number of hydrogen-bond acceptors (Lipinski definition) is 2. The Labute approximate surface area is 122 Å². The van der Waals surface area contributed by atoms with Crippen LogP contribution in [0.4, 0.5) is 0 Å². The molecule has 2 saturated carbocycles. The van der Waals surface area contributed by atoms with Crippen molar-refractivity contribution in [1.29, 1.82) is 0 Å². The van der Waals surface area contributed by atoms with Gasteiger partial charge in [-0.25, -0.2) is 0 Å². The molecule has 0 radical (unpaired) electrons. The van der Waals surface area contributed by atoms with Crippen LogP contribution >= 0.6 is 0 Å². The van der Waals surface area contributed by atoms with E-state index in [-0.39, 0.29) is 11.8 Å². The van der Waals surface area contributed by atoms with Gasteiger partial charge in [0.1, 0.15) is 0 Å². The van der Waals surface area contributed by atoms with Crippen LogP contribution in [-0.4, -0.2) is 37.5 Å². The Hall–Kier alpha value is -1.26. The predicted octanol–water partition coefficient (Wildman–Crippen LogP) is 1.26. The van der Waals surface area contributed by atoms with Crippen molar-refractivity contribution >= 4 is 11.9 Å². The normalized spacial score (nSPS) is 25.2. The first-order valence-electron chi connectivity index (χ1n) is 8.07. The smallest absolute Gasteiger partial charge is 0.223 e. The van der Waals surface area contributed by atoms with Gasteiger partial charge in [0.05, 0.1) is 6.54 Å². The van der Waals surface area contributed by atoms with Gasteiger partial charge < -0.3 is 16.0 Å². The minimum atomic E-state index is 0.198. The molecular formula is C15H28N4O. The Bertz CT molecular complexity index is 352. The topological polar surface area (TPSA) is 65.5 Å². The molecule has 2 aliphatic rings.